The van der Waals surface area contributed by atoms with Crippen molar-refractivity contribution in [2.45, 2.75) is 49.6 Å². The molecule has 0 saturated heterocycles. The number of hydrogen-bond donors (Lipinski definition) is 1. The first-order valence-corrected chi connectivity index (χ1v) is 14.0. The van der Waals surface area contributed by atoms with Crippen LogP contribution in [0.25, 0.3) is 11.1 Å². The Bertz CT molecular complexity index is 1270. The fourth-order valence-corrected chi connectivity index (χ4v) is 6.27. The van der Waals surface area contributed by atoms with Crippen molar-refractivity contribution in [3.63, 3.8) is 0 Å². The molecule has 0 amide bonds. The summed E-state index contributed by atoms with van der Waals surface area (Å²) in [4.78, 5) is 11.4. The molecule has 1 fully saturated rings. The molecule has 3 aromatic rings. The molecule has 196 valence electrons. The quantitative estimate of drug-likeness (QED) is 0.357. The molecule has 1 N–H and O–H groups in total. The molecule has 0 radical (unpaired) electrons. The van der Waals surface area contributed by atoms with Crippen LogP contribution < -0.4 is 4.74 Å². The molecule has 0 spiro atoms. The van der Waals surface area contributed by atoms with Gasteiger partial charge >= 0.3 is 5.97 Å². The summed E-state index contributed by atoms with van der Waals surface area (Å²) in [5, 5.41) is 11.1. The third-order valence-corrected chi connectivity index (χ3v) is 8.95. The second-order valence-corrected chi connectivity index (χ2v) is 11.5. The maximum absolute atomic E-state index is 13.7. The molecule has 37 heavy (non-hydrogen) atoms. The van der Waals surface area contributed by atoms with E-state index in [0.717, 1.165) is 48.1 Å². The molecule has 1 aliphatic carbocycles. The number of ether oxygens (including phenoxy) is 1. The van der Waals surface area contributed by atoms with Gasteiger partial charge in [-0.05, 0) is 72.6 Å². The van der Waals surface area contributed by atoms with E-state index in [1.165, 1.54) is 4.41 Å². The predicted molar refractivity (Wildman–Crippen MR) is 143 cm³/mol. The van der Waals surface area contributed by atoms with Crippen LogP contribution in [-0.4, -0.2) is 49.1 Å². The van der Waals surface area contributed by atoms with Crippen molar-refractivity contribution in [2.24, 2.45) is 5.92 Å². The zero-order valence-corrected chi connectivity index (χ0v) is 22.1. The summed E-state index contributed by atoms with van der Waals surface area (Å²) in [5.41, 5.74) is 2.91. The standard InChI is InChI=1S/C29H34N2O5S/c1-30(37(34,35)28-18-12-25(13-19-28)24-10-16-27(36-2)17-11-24)31(21-23-6-4-3-5-7-23)26-14-8-22(9-15-26)20-29(32)33/h3-7,10-13,16-19,22,26H,8-9,14-15,20-21H2,1-2H3,(H,32,33). The highest BCUT2D eigenvalue weighted by Crippen LogP contribution is 2.33. The molecule has 0 aliphatic heterocycles. The zero-order valence-electron chi connectivity index (χ0n) is 21.3. The number of carbonyl (C=O) groups is 1. The maximum Gasteiger partial charge on any atom is 0.303 e. The van der Waals surface area contributed by atoms with Crippen molar-refractivity contribution in [1.82, 2.24) is 9.42 Å². The van der Waals surface area contributed by atoms with Gasteiger partial charge in [0.1, 0.15) is 5.75 Å². The van der Waals surface area contributed by atoms with Gasteiger partial charge in [0, 0.05) is 26.1 Å². The number of hydrazine groups is 1. The fourth-order valence-electron chi connectivity index (χ4n) is 5.02. The van der Waals surface area contributed by atoms with E-state index < -0.39 is 16.0 Å². The topological polar surface area (TPSA) is 87.2 Å². The lowest BCUT2D eigenvalue weighted by Gasteiger charge is -2.40. The molecule has 0 bridgehead atoms. The van der Waals surface area contributed by atoms with Crippen molar-refractivity contribution in [1.29, 1.82) is 0 Å². The Morgan fingerprint density at radius 2 is 1.46 bits per heavy atom. The highest BCUT2D eigenvalue weighted by molar-refractivity contribution is 7.89. The van der Waals surface area contributed by atoms with Crippen LogP contribution in [0.5, 0.6) is 5.75 Å². The molecule has 4 rings (SSSR count). The molecule has 0 aromatic heterocycles. The third-order valence-electron chi connectivity index (χ3n) is 7.17. The second-order valence-electron chi connectivity index (χ2n) is 9.55. The summed E-state index contributed by atoms with van der Waals surface area (Å²) in [6.45, 7) is 0.453. The van der Waals surface area contributed by atoms with Gasteiger partial charge in [-0.3, -0.25) is 4.79 Å². The molecular weight excluding hydrogens is 488 g/mol. The lowest BCUT2D eigenvalue weighted by molar-refractivity contribution is -0.138. The summed E-state index contributed by atoms with van der Waals surface area (Å²) in [7, 11) is -0.576. The number of aliphatic carboxylic acids is 1. The van der Waals surface area contributed by atoms with Crippen LogP contribution in [0, 0.1) is 5.92 Å². The van der Waals surface area contributed by atoms with Gasteiger partial charge in [-0.15, -0.1) is 4.41 Å². The monoisotopic (exact) mass is 522 g/mol. The maximum atomic E-state index is 13.7. The predicted octanol–water partition coefficient (Wildman–Crippen LogP) is 5.43. The SMILES string of the molecule is COc1ccc(-c2ccc(S(=O)(=O)N(C)N(Cc3ccccc3)C3CCC(CC(=O)O)CC3)cc2)cc1. The van der Waals surface area contributed by atoms with Gasteiger partial charge in [-0.25, -0.2) is 13.4 Å². The minimum absolute atomic E-state index is 0.00333. The van der Waals surface area contributed by atoms with E-state index >= 15 is 0 Å². The van der Waals surface area contributed by atoms with E-state index in [0.29, 0.717) is 6.54 Å². The van der Waals surface area contributed by atoms with Crippen LogP contribution in [0.1, 0.15) is 37.7 Å². The molecule has 1 aliphatic rings. The van der Waals surface area contributed by atoms with Gasteiger partial charge < -0.3 is 9.84 Å². The fraction of sp³-hybridized carbons (Fsp3) is 0.345. The molecule has 0 unspecified atom stereocenters. The van der Waals surface area contributed by atoms with Crippen molar-refractivity contribution < 1.29 is 23.1 Å². The Labute approximate surface area is 219 Å². The van der Waals surface area contributed by atoms with E-state index in [2.05, 4.69) is 0 Å². The summed E-state index contributed by atoms with van der Waals surface area (Å²) in [6, 6.07) is 24.4. The molecule has 0 atom stereocenters. The normalized spacial score (nSPS) is 18.2. The molecule has 0 heterocycles. The minimum atomic E-state index is -3.80. The zero-order chi connectivity index (χ0) is 26.4. The number of hydrogen-bond acceptors (Lipinski definition) is 5. The Kier molecular flexibility index (Phi) is 8.63. The summed E-state index contributed by atoms with van der Waals surface area (Å²) >= 11 is 0. The Morgan fingerprint density at radius 1 is 0.892 bits per heavy atom. The van der Waals surface area contributed by atoms with E-state index in [-0.39, 0.29) is 23.3 Å². The average Bonchev–Trinajstić information content (AvgIpc) is 2.92. The summed E-state index contributed by atoms with van der Waals surface area (Å²) < 4.78 is 34.1. The number of nitrogens with zero attached hydrogens (tertiary/aromatic N) is 2. The van der Waals surface area contributed by atoms with Crippen LogP contribution in [0.4, 0.5) is 0 Å². The van der Waals surface area contributed by atoms with Crippen LogP contribution in [0.2, 0.25) is 0 Å². The first-order chi connectivity index (χ1) is 17.8. The van der Waals surface area contributed by atoms with Gasteiger partial charge in [0.15, 0.2) is 0 Å². The van der Waals surface area contributed by atoms with E-state index in [1.54, 1.807) is 26.3 Å². The molecule has 8 heteroatoms. The number of carboxylic acids is 1. The van der Waals surface area contributed by atoms with Crippen LogP contribution in [-0.2, 0) is 21.4 Å². The van der Waals surface area contributed by atoms with Gasteiger partial charge in [0.05, 0.1) is 12.0 Å². The van der Waals surface area contributed by atoms with E-state index in [1.807, 2.05) is 71.7 Å². The average molecular weight is 523 g/mol. The summed E-state index contributed by atoms with van der Waals surface area (Å²) in [5.74, 6) is 0.127. The molecular formula is C29H34N2O5S. The van der Waals surface area contributed by atoms with Gasteiger partial charge in [-0.1, -0.05) is 54.6 Å². The van der Waals surface area contributed by atoms with Crippen LogP contribution in [0.15, 0.2) is 83.8 Å². The smallest absolute Gasteiger partial charge is 0.303 e. The Morgan fingerprint density at radius 3 is 2.00 bits per heavy atom. The largest absolute Gasteiger partial charge is 0.497 e. The lowest BCUT2D eigenvalue weighted by atomic mass is 9.84. The van der Waals surface area contributed by atoms with Crippen molar-refractivity contribution >= 4 is 16.0 Å². The lowest BCUT2D eigenvalue weighted by Crippen LogP contribution is -2.50. The molecule has 1 saturated carbocycles. The Balaban J connectivity index is 1.55. The number of carboxylic acid groups (broad SMARTS) is 1. The third kappa shape index (κ3) is 6.57. The first-order valence-electron chi connectivity index (χ1n) is 12.5. The number of sulfonamides is 1. The van der Waals surface area contributed by atoms with Crippen molar-refractivity contribution in [3.8, 4) is 16.9 Å². The van der Waals surface area contributed by atoms with E-state index in [9.17, 15) is 13.2 Å². The van der Waals surface area contributed by atoms with Gasteiger partial charge in [0.2, 0.25) is 0 Å². The van der Waals surface area contributed by atoms with E-state index in [4.69, 9.17) is 9.84 Å². The Hall–Kier alpha value is -3.20. The minimum Gasteiger partial charge on any atom is -0.497 e. The number of methoxy groups -OCH3 is 1. The first kappa shape index (κ1) is 26.9. The highest BCUT2D eigenvalue weighted by Gasteiger charge is 2.34. The van der Waals surface area contributed by atoms with Gasteiger partial charge in [0.25, 0.3) is 10.0 Å². The summed E-state index contributed by atoms with van der Waals surface area (Å²) in [6.07, 6.45) is 3.21. The van der Waals surface area contributed by atoms with Crippen LogP contribution in [0.3, 0.4) is 0 Å². The van der Waals surface area contributed by atoms with Crippen LogP contribution >= 0.6 is 0 Å². The van der Waals surface area contributed by atoms with Gasteiger partial charge in [-0.2, -0.15) is 0 Å². The molecule has 3 aromatic carbocycles. The highest BCUT2D eigenvalue weighted by atomic mass is 32.2. The number of benzene rings is 3. The van der Waals surface area contributed by atoms with Crippen molar-refractivity contribution in [3.05, 3.63) is 84.4 Å². The number of rotatable bonds is 10. The second kappa shape index (κ2) is 11.9. The molecule has 7 nitrogen and oxygen atoms in total. The van der Waals surface area contributed by atoms with Crippen molar-refractivity contribution in [2.75, 3.05) is 14.2 Å².